The summed E-state index contributed by atoms with van der Waals surface area (Å²) in [5.74, 6) is -1.15. The molecule has 7 heteroatoms. The first-order chi connectivity index (χ1) is 9.53. The quantitative estimate of drug-likeness (QED) is 0.785. The Balaban J connectivity index is 1.90. The molecule has 0 spiro atoms. The highest BCUT2D eigenvalue weighted by Gasteiger charge is 2.39. The molecule has 1 aromatic rings. The van der Waals surface area contributed by atoms with Crippen molar-refractivity contribution < 1.29 is 19.4 Å². The Labute approximate surface area is 120 Å². The van der Waals surface area contributed by atoms with Crippen LogP contribution < -0.4 is 5.32 Å². The Bertz CT molecular complexity index is 529. The third kappa shape index (κ3) is 3.64. The monoisotopic (exact) mass is 296 g/mol. The molecular formula is C13H16N2O4S. The van der Waals surface area contributed by atoms with Crippen LogP contribution in [-0.2, 0) is 14.3 Å². The minimum atomic E-state index is -1.02. The lowest BCUT2D eigenvalue weighted by molar-refractivity contribution is -0.131. The summed E-state index contributed by atoms with van der Waals surface area (Å²) in [5.41, 5.74) is -0.312. The predicted molar refractivity (Wildman–Crippen MR) is 75.6 cm³/mol. The average Bonchev–Trinajstić information content (AvgIpc) is 2.79. The summed E-state index contributed by atoms with van der Waals surface area (Å²) < 4.78 is 5.40. The molecule has 2 rings (SSSR count). The molecule has 1 amide bonds. The van der Waals surface area contributed by atoms with Crippen molar-refractivity contribution >= 4 is 34.4 Å². The smallest absolute Gasteiger partial charge is 0.328 e. The van der Waals surface area contributed by atoms with E-state index < -0.39 is 5.97 Å². The second kappa shape index (κ2) is 6.15. The van der Waals surface area contributed by atoms with Gasteiger partial charge in [-0.25, -0.2) is 9.78 Å². The number of nitrogens with one attached hydrogen (secondary N) is 1. The van der Waals surface area contributed by atoms with Gasteiger partial charge in [-0.3, -0.25) is 4.79 Å². The number of methoxy groups -OCH3 is 1. The fourth-order valence-corrected chi connectivity index (χ4v) is 2.79. The maximum absolute atomic E-state index is 11.9. The molecule has 0 atom stereocenters. The van der Waals surface area contributed by atoms with E-state index in [2.05, 4.69) is 10.3 Å². The van der Waals surface area contributed by atoms with Gasteiger partial charge in [-0.15, -0.1) is 0 Å². The molecular weight excluding hydrogens is 280 g/mol. The molecule has 1 heterocycles. The molecule has 1 aliphatic rings. The third-order valence-corrected chi connectivity index (χ3v) is 4.22. The molecule has 0 aliphatic heterocycles. The largest absolute Gasteiger partial charge is 0.478 e. The van der Waals surface area contributed by atoms with E-state index in [1.165, 1.54) is 23.6 Å². The number of aromatic nitrogens is 1. The second-order valence-corrected chi connectivity index (χ2v) is 5.77. The van der Waals surface area contributed by atoms with E-state index >= 15 is 0 Å². The number of hydrogen-bond donors (Lipinski definition) is 2. The summed E-state index contributed by atoms with van der Waals surface area (Å²) in [7, 11) is 1.63. The number of carbonyl (C=O) groups excluding carboxylic acids is 1. The second-order valence-electron chi connectivity index (χ2n) is 4.70. The molecule has 1 aliphatic carbocycles. The summed E-state index contributed by atoms with van der Waals surface area (Å²) in [5, 5.41) is 11.7. The van der Waals surface area contributed by atoms with Gasteiger partial charge in [-0.2, -0.15) is 0 Å². The van der Waals surface area contributed by atoms with Crippen molar-refractivity contribution in [3.63, 3.8) is 0 Å². The first kappa shape index (κ1) is 14.7. The van der Waals surface area contributed by atoms with Gasteiger partial charge in [0.05, 0.1) is 12.0 Å². The van der Waals surface area contributed by atoms with Crippen LogP contribution in [0, 0.1) is 0 Å². The van der Waals surface area contributed by atoms with Crippen LogP contribution in [0.1, 0.15) is 30.6 Å². The molecule has 0 aromatic carbocycles. The number of carboxylic acid groups (broad SMARTS) is 1. The molecule has 1 fully saturated rings. The maximum atomic E-state index is 11.9. The normalized spacial score (nSPS) is 16.9. The van der Waals surface area contributed by atoms with Crippen LogP contribution in [0.2, 0.25) is 0 Å². The van der Waals surface area contributed by atoms with Crippen molar-refractivity contribution in [2.75, 3.05) is 12.4 Å². The first-order valence-electron chi connectivity index (χ1n) is 6.25. The van der Waals surface area contributed by atoms with E-state index in [1.807, 2.05) is 0 Å². The van der Waals surface area contributed by atoms with Crippen molar-refractivity contribution in [3.05, 3.63) is 17.2 Å². The highest BCUT2D eigenvalue weighted by molar-refractivity contribution is 7.16. The standard InChI is InChI=1S/C13H16N2O4S/c1-19-13(5-2-6-13)7-10(16)15-12-14-8-9(20-12)3-4-11(17)18/h3-4,8H,2,5-7H2,1H3,(H,17,18)(H,14,15,16)/b4-3+. The third-order valence-electron chi connectivity index (χ3n) is 3.34. The van der Waals surface area contributed by atoms with Crippen molar-refractivity contribution in [2.45, 2.75) is 31.3 Å². The summed E-state index contributed by atoms with van der Waals surface area (Å²) in [6, 6.07) is 0. The first-order valence-corrected chi connectivity index (χ1v) is 7.06. The lowest BCUT2D eigenvalue weighted by Crippen LogP contribution is -2.42. The Kier molecular flexibility index (Phi) is 4.51. The molecule has 2 N–H and O–H groups in total. The van der Waals surface area contributed by atoms with Crippen LogP contribution in [-0.4, -0.2) is 34.7 Å². The van der Waals surface area contributed by atoms with E-state index in [-0.39, 0.29) is 11.5 Å². The molecule has 0 radical (unpaired) electrons. The Hall–Kier alpha value is -1.73. The van der Waals surface area contributed by atoms with Gasteiger partial charge in [-0.1, -0.05) is 11.3 Å². The molecule has 1 saturated carbocycles. The molecule has 20 heavy (non-hydrogen) atoms. The van der Waals surface area contributed by atoms with Crippen molar-refractivity contribution in [1.29, 1.82) is 0 Å². The SMILES string of the molecule is COC1(CC(=O)Nc2ncc(/C=C/C(=O)O)s2)CCC1. The maximum Gasteiger partial charge on any atom is 0.328 e. The molecule has 0 bridgehead atoms. The van der Waals surface area contributed by atoms with Crippen LogP contribution in [0.25, 0.3) is 6.08 Å². The van der Waals surface area contributed by atoms with Crippen LogP contribution in [0.5, 0.6) is 0 Å². The van der Waals surface area contributed by atoms with Gasteiger partial charge < -0.3 is 15.2 Å². The Morgan fingerprint density at radius 2 is 2.35 bits per heavy atom. The molecule has 1 aromatic heterocycles. The number of carbonyl (C=O) groups is 2. The minimum absolute atomic E-state index is 0.130. The summed E-state index contributed by atoms with van der Waals surface area (Å²) >= 11 is 1.23. The number of ether oxygens (including phenoxy) is 1. The van der Waals surface area contributed by atoms with Gasteiger partial charge in [0.1, 0.15) is 0 Å². The van der Waals surface area contributed by atoms with E-state index in [4.69, 9.17) is 9.84 Å². The van der Waals surface area contributed by atoms with E-state index in [9.17, 15) is 9.59 Å². The number of thiazole rings is 1. The molecule has 108 valence electrons. The zero-order chi connectivity index (χ0) is 14.6. The van der Waals surface area contributed by atoms with Gasteiger partial charge >= 0.3 is 5.97 Å². The van der Waals surface area contributed by atoms with Gasteiger partial charge in [-0.05, 0) is 25.3 Å². The summed E-state index contributed by atoms with van der Waals surface area (Å²) in [6.45, 7) is 0. The minimum Gasteiger partial charge on any atom is -0.478 e. The fraction of sp³-hybridized carbons (Fsp3) is 0.462. The Morgan fingerprint density at radius 3 is 2.90 bits per heavy atom. The Morgan fingerprint density at radius 1 is 1.60 bits per heavy atom. The summed E-state index contributed by atoms with van der Waals surface area (Å²) in [6.07, 6.45) is 7.22. The number of nitrogens with zero attached hydrogens (tertiary/aromatic N) is 1. The highest BCUT2D eigenvalue weighted by atomic mass is 32.1. The summed E-state index contributed by atoms with van der Waals surface area (Å²) in [4.78, 5) is 27.0. The van der Waals surface area contributed by atoms with Crippen molar-refractivity contribution in [1.82, 2.24) is 4.98 Å². The number of carboxylic acids is 1. The van der Waals surface area contributed by atoms with Crippen LogP contribution in [0.15, 0.2) is 12.3 Å². The average molecular weight is 296 g/mol. The van der Waals surface area contributed by atoms with Gasteiger partial charge in [0.15, 0.2) is 5.13 Å². The van der Waals surface area contributed by atoms with Crippen LogP contribution in [0.4, 0.5) is 5.13 Å². The number of amides is 1. The van der Waals surface area contributed by atoms with Gasteiger partial charge in [0, 0.05) is 24.3 Å². The topological polar surface area (TPSA) is 88.5 Å². The van der Waals surface area contributed by atoms with E-state index in [0.717, 1.165) is 25.3 Å². The number of aliphatic carboxylic acids is 1. The zero-order valence-electron chi connectivity index (χ0n) is 11.1. The number of anilines is 1. The lowest BCUT2D eigenvalue weighted by Gasteiger charge is -2.39. The van der Waals surface area contributed by atoms with Crippen molar-refractivity contribution in [2.24, 2.45) is 0 Å². The predicted octanol–water partition coefficient (Wildman–Crippen LogP) is 2.14. The van der Waals surface area contributed by atoms with E-state index in [0.29, 0.717) is 16.4 Å². The van der Waals surface area contributed by atoms with Crippen LogP contribution >= 0.6 is 11.3 Å². The van der Waals surface area contributed by atoms with E-state index in [1.54, 1.807) is 7.11 Å². The molecule has 6 nitrogen and oxygen atoms in total. The fourth-order valence-electron chi connectivity index (χ4n) is 2.06. The van der Waals surface area contributed by atoms with Gasteiger partial charge in [0.2, 0.25) is 5.91 Å². The lowest BCUT2D eigenvalue weighted by atomic mass is 9.77. The molecule has 0 unspecified atom stereocenters. The number of rotatable bonds is 6. The zero-order valence-corrected chi connectivity index (χ0v) is 11.9. The van der Waals surface area contributed by atoms with Crippen molar-refractivity contribution in [3.8, 4) is 0 Å². The number of hydrogen-bond acceptors (Lipinski definition) is 5. The molecule has 0 saturated heterocycles. The van der Waals surface area contributed by atoms with Gasteiger partial charge in [0.25, 0.3) is 0 Å². The highest BCUT2D eigenvalue weighted by Crippen LogP contribution is 2.38. The van der Waals surface area contributed by atoms with Crippen LogP contribution in [0.3, 0.4) is 0 Å².